The molecule has 0 aliphatic carbocycles. The standard InChI is InChI=1S/C17H17N3OS2/c1-12-13(5-6-14(19-12)15-4-3-10-22-15)17(21)20(2)9-7-16-18-8-11-23-16/h3-6,8,10-11H,7,9H2,1-2H3. The Labute approximate surface area is 143 Å². The Morgan fingerprint density at radius 2 is 2.09 bits per heavy atom. The number of thiazole rings is 1. The molecule has 0 N–H and O–H groups in total. The molecule has 0 aliphatic heterocycles. The number of nitrogens with zero attached hydrogens (tertiary/aromatic N) is 3. The highest BCUT2D eigenvalue weighted by Gasteiger charge is 2.16. The molecule has 23 heavy (non-hydrogen) atoms. The Morgan fingerprint density at radius 1 is 1.22 bits per heavy atom. The summed E-state index contributed by atoms with van der Waals surface area (Å²) in [7, 11) is 1.82. The molecule has 3 aromatic rings. The van der Waals surface area contributed by atoms with Gasteiger partial charge in [-0.15, -0.1) is 22.7 Å². The van der Waals surface area contributed by atoms with Gasteiger partial charge in [-0.3, -0.25) is 9.78 Å². The van der Waals surface area contributed by atoms with E-state index in [1.165, 1.54) is 0 Å². The van der Waals surface area contributed by atoms with Crippen LogP contribution in [0.25, 0.3) is 10.6 Å². The first-order chi connectivity index (χ1) is 11.1. The van der Waals surface area contributed by atoms with Crippen LogP contribution in [0, 0.1) is 6.92 Å². The Morgan fingerprint density at radius 3 is 2.74 bits per heavy atom. The smallest absolute Gasteiger partial charge is 0.255 e. The third-order valence-electron chi connectivity index (χ3n) is 3.58. The fraction of sp³-hybridized carbons (Fsp3) is 0.235. The van der Waals surface area contributed by atoms with Crippen LogP contribution in [0.1, 0.15) is 21.1 Å². The summed E-state index contributed by atoms with van der Waals surface area (Å²) in [4.78, 5) is 24.3. The highest BCUT2D eigenvalue weighted by Crippen LogP contribution is 2.24. The first-order valence-electron chi connectivity index (χ1n) is 7.30. The van der Waals surface area contributed by atoms with Gasteiger partial charge in [0.15, 0.2) is 0 Å². The van der Waals surface area contributed by atoms with Crippen LogP contribution in [0.15, 0.2) is 41.2 Å². The normalized spacial score (nSPS) is 10.7. The largest absolute Gasteiger partial charge is 0.341 e. The van der Waals surface area contributed by atoms with Crippen LogP contribution in [0.4, 0.5) is 0 Å². The number of amides is 1. The monoisotopic (exact) mass is 343 g/mol. The number of rotatable bonds is 5. The van der Waals surface area contributed by atoms with Gasteiger partial charge >= 0.3 is 0 Å². The SMILES string of the molecule is Cc1nc(-c2cccs2)ccc1C(=O)N(C)CCc1nccs1. The van der Waals surface area contributed by atoms with Crippen LogP contribution < -0.4 is 0 Å². The summed E-state index contributed by atoms with van der Waals surface area (Å²) < 4.78 is 0. The highest BCUT2D eigenvalue weighted by molar-refractivity contribution is 7.13. The molecule has 6 heteroatoms. The molecular formula is C17H17N3OS2. The predicted molar refractivity (Wildman–Crippen MR) is 95.1 cm³/mol. The van der Waals surface area contributed by atoms with E-state index in [9.17, 15) is 4.79 Å². The summed E-state index contributed by atoms with van der Waals surface area (Å²) in [6, 6.07) is 7.83. The topological polar surface area (TPSA) is 46.1 Å². The number of hydrogen-bond acceptors (Lipinski definition) is 5. The van der Waals surface area contributed by atoms with Crippen LogP contribution in [0.5, 0.6) is 0 Å². The Hall–Kier alpha value is -2.05. The summed E-state index contributed by atoms with van der Waals surface area (Å²) in [6.07, 6.45) is 2.57. The second-order valence-corrected chi connectivity index (χ2v) is 7.14. The minimum absolute atomic E-state index is 0.00397. The number of thiophene rings is 1. The third-order valence-corrected chi connectivity index (χ3v) is 5.31. The van der Waals surface area contributed by atoms with Crippen molar-refractivity contribution >= 4 is 28.6 Å². The van der Waals surface area contributed by atoms with E-state index in [1.54, 1.807) is 33.8 Å². The van der Waals surface area contributed by atoms with Crippen molar-refractivity contribution in [2.24, 2.45) is 0 Å². The van der Waals surface area contributed by atoms with Crippen molar-refractivity contribution in [1.82, 2.24) is 14.9 Å². The van der Waals surface area contributed by atoms with Crippen molar-refractivity contribution in [3.05, 3.63) is 57.5 Å². The summed E-state index contributed by atoms with van der Waals surface area (Å²) in [5, 5.41) is 5.03. The zero-order valence-electron chi connectivity index (χ0n) is 13.0. The number of carbonyl (C=O) groups excluding carboxylic acids is 1. The van der Waals surface area contributed by atoms with Gasteiger partial charge in [-0.25, -0.2) is 4.98 Å². The second kappa shape index (κ2) is 7.02. The number of carbonyl (C=O) groups is 1. The molecule has 0 radical (unpaired) electrons. The lowest BCUT2D eigenvalue weighted by Crippen LogP contribution is -2.29. The van der Waals surface area contributed by atoms with E-state index in [4.69, 9.17) is 0 Å². The number of hydrogen-bond donors (Lipinski definition) is 0. The second-order valence-electron chi connectivity index (χ2n) is 5.21. The molecular weight excluding hydrogens is 326 g/mol. The van der Waals surface area contributed by atoms with Crippen molar-refractivity contribution in [2.75, 3.05) is 13.6 Å². The molecule has 1 amide bonds. The van der Waals surface area contributed by atoms with Gasteiger partial charge in [0.05, 0.1) is 26.8 Å². The summed E-state index contributed by atoms with van der Waals surface area (Å²) >= 11 is 3.26. The first-order valence-corrected chi connectivity index (χ1v) is 9.06. The first kappa shape index (κ1) is 15.8. The molecule has 0 aliphatic rings. The van der Waals surface area contributed by atoms with Crippen LogP contribution in [0.3, 0.4) is 0 Å². The van der Waals surface area contributed by atoms with Crippen molar-refractivity contribution in [2.45, 2.75) is 13.3 Å². The number of aryl methyl sites for hydroxylation is 1. The van der Waals surface area contributed by atoms with E-state index in [2.05, 4.69) is 9.97 Å². The van der Waals surface area contributed by atoms with Gasteiger partial charge in [0, 0.05) is 31.6 Å². The lowest BCUT2D eigenvalue weighted by molar-refractivity contribution is 0.0795. The van der Waals surface area contributed by atoms with E-state index in [1.807, 2.05) is 49.0 Å². The van der Waals surface area contributed by atoms with Crippen molar-refractivity contribution in [1.29, 1.82) is 0 Å². The van der Waals surface area contributed by atoms with Gasteiger partial charge in [0.25, 0.3) is 5.91 Å². The maximum atomic E-state index is 12.6. The lowest BCUT2D eigenvalue weighted by Gasteiger charge is -2.17. The molecule has 0 spiro atoms. The van der Waals surface area contributed by atoms with Gasteiger partial charge in [-0.2, -0.15) is 0 Å². The molecule has 0 aromatic carbocycles. The molecule has 3 aromatic heterocycles. The Bertz CT molecular complexity index is 782. The summed E-state index contributed by atoms with van der Waals surface area (Å²) in [5.41, 5.74) is 2.34. The minimum atomic E-state index is 0.00397. The van der Waals surface area contributed by atoms with E-state index < -0.39 is 0 Å². The summed E-state index contributed by atoms with van der Waals surface area (Å²) in [6.45, 7) is 2.54. The molecule has 0 saturated heterocycles. The molecule has 118 valence electrons. The van der Waals surface area contributed by atoms with Gasteiger partial charge < -0.3 is 4.90 Å². The van der Waals surface area contributed by atoms with Crippen LogP contribution >= 0.6 is 22.7 Å². The Kier molecular flexibility index (Phi) is 4.83. The molecule has 0 saturated carbocycles. The number of aromatic nitrogens is 2. The van der Waals surface area contributed by atoms with E-state index in [-0.39, 0.29) is 5.91 Å². The zero-order valence-corrected chi connectivity index (χ0v) is 14.7. The Balaban J connectivity index is 1.71. The van der Waals surface area contributed by atoms with Crippen molar-refractivity contribution < 1.29 is 4.79 Å². The maximum absolute atomic E-state index is 12.6. The molecule has 3 heterocycles. The van der Waals surface area contributed by atoms with E-state index >= 15 is 0 Å². The highest BCUT2D eigenvalue weighted by atomic mass is 32.1. The van der Waals surface area contributed by atoms with Gasteiger partial charge in [0.2, 0.25) is 0 Å². The van der Waals surface area contributed by atoms with E-state index in [0.29, 0.717) is 12.1 Å². The van der Waals surface area contributed by atoms with Crippen LogP contribution in [-0.4, -0.2) is 34.4 Å². The average Bonchev–Trinajstić information content (AvgIpc) is 3.25. The molecule has 3 rings (SSSR count). The molecule has 0 atom stereocenters. The third kappa shape index (κ3) is 3.65. The molecule has 0 unspecified atom stereocenters. The van der Waals surface area contributed by atoms with Gasteiger partial charge in [-0.05, 0) is 30.5 Å². The van der Waals surface area contributed by atoms with Gasteiger partial charge in [-0.1, -0.05) is 6.07 Å². The van der Waals surface area contributed by atoms with Crippen LogP contribution in [-0.2, 0) is 6.42 Å². The fourth-order valence-corrected chi connectivity index (χ4v) is 3.60. The van der Waals surface area contributed by atoms with Crippen molar-refractivity contribution in [3.8, 4) is 10.6 Å². The van der Waals surface area contributed by atoms with Crippen LogP contribution in [0.2, 0.25) is 0 Å². The molecule has 0 bridgehead atoms. The van der Waals surface area contributed by atoms with Crippen molar-refractivity contribution in [3.63, 3.8) is 0 Å². The predicted octanol–water partition coefficient (Wildman–Crippen LogP) is 3.89. The van der Waals surface area contributed by atoms with Gasteiger partial charge in [0.1, 0.15) is 0 Å². The maximum Gasteiger partial charge on any atom is 0.255 e. The minimum Gasteiger partial charge on any atom is -0.341 e. The fourth-order valence-electron chi connectivity index (χ4n) is 2.30. The lowest BCUT2D eigenvalue weighted by atomic mass is 10.1. The quantitative estimate of drug-likeness (QED) is 0.706. The zero-order chi connectivity index (χ0) is 16.2. The van der Waals surface area contributed by atoms with E-state index in [0.717, 1.165) is 27.7 Å². The average molecular weight is 343 g/mol. The molecule has 4 nitrogen and oxygen atoms in total. The molecule has 0 fully saturated rings. The summed E-state index contributed by atoms with van der Waals surface area (Å²) in [5.74, 6) is 0.00397. The number of pyridine rings is 1. The number of likely N-dealkylation sites (N-methyl/N-ethyl adjacent to an activating group) is 1.